The van der Waals surface area contributed by atoms with E-state index in [2.05, 4.69) is 47.7 Å². The van der Waals surface area contributed by atoms with Gasteiger partial charge in [0.05, 0.1) is 20.0 Å². The van der Waals surface area contributed by atoms with Gasteiger partial charge in [-0.2, -0.15) is 0 Å². The molecule has 0 spiro atoms. The van der Waals surface area contributed by atoms with E-state index in [4.69, 9.17) is 0 Å². The summed E-state index contributed by atoms with van der Waals surface area (Å²) in [4.78, 5) is 9.79. The Bertz CT molecular complexity index is 196. The third kappa shape index (κ3) is 6.36. The largest absolute Gasteiger partial charge is 0.309 e. The number of rotatable bonds is 7. The fourth-order valence-electron chi connectivity index (χ4n) is 2.37. The summed E-state index contributed by atoms with van der Waals surface area (Å²) in [5.41, 5.74) is 0. The first-order valence-electron chi connectivity index (χ1n) is 6.89. The van der Waals surface area contributed by atoms with Crippen LogP contribution in [0.25, 0.3) is 0 Å². The Morgan fingerprint density at radius 3 is 2.06 bits per heavy atom. The van der Waals surface area contributed by atoms with Crippen molar-refractivity contribution in [1.82, 2.24) is 19.6 Å². The molecule has 0 aromatic heterocycles. The van der Waals surface area contributed by atoms with Crippen LogP contribution in [0.2, 0.25) is 0 Å². The minimum atomic E-state index is 1.12. The lowest BCUT2D eigenvalue weighted by atomic mass is 10.3. The summed E-state index contributed by atoms with van der Waals surface area (Å²) in [6.45, 7) is 9.31. The average Bonchev–Trinajstić information content (AvgIpc) is 2.25. The van der Waals surface area contributed by atoms with Gasteiger partial charge in [-0.3, -0.25) is 14.7 Å². The summed E-state index contributed by atoms with van der Waals surface area (Å²) in [5.74, 6) is 0. The monoisotopic (exact) mass is 242 g/mol. The molecule has 0 aromatic carbocycles. The molecule has 0 amide bonds. The Hall–Kier alpha value is -0.160. The van der Waals surface area contributed by atoms with Crippen LogP contribution in [0.15, 0.2) is 0 Å². The molecule has 1 heterocycles. The van der Waals surface area contributed by atoms with Gasteiger partial charge in [-0.05, 0) is 40.5 Å². The van der Waals surface area contributed by atoms with E-state index in [0.29, 0.717) is 0 Å². The van der Waals surface area contributed by atoms with Crippen LogP contribution in [0.1, 0.15) is 26.2 Å². The van der Waals surface area contributed by atoms with Gasteiger partial charge in [-0.25, -0.2) is 0 Å². The van der Waals surface area contributed by atoms with Crippen LogP contribution in [0.4, 0.5) is 0 Å². The van der Waals surface area contributed by atoms with Crippen LogP contribution >= 0.6 is 0 Å². The highest BCUT2D eigenvalue weighted by Gasteiger charge is 2.19. The molecule has 0 saturated carbocycles. The fraction of sp³-hybridized carbons (Fsp3) is 1.00. The Kier molecular flexibility index (Phi) is 7.04. The van der Waals surface area contributed by atoms with Gasteiger partial charge in [0.2, 0.25) is 0 Å². The summed E-state index contributed by atoms with van der Waals surface area (Å²) in [5, 5.41) is 0. The quantitative estimate of drug-likeness (QED) is 0.664. The Balaban J connectivity index is 2.24. The van der Waals surface area contributed by atoms with Gasteiger partial charge in [0.15, 0.2) is 0 Å². The first-order chi connectivity index (χ1) is 8.11. The van der Waals surface area contributed by atoms with Crippen molar-refractivity contribution in [3.8, 4) is 0 Å². The van der Waals surface area contributed by atoms with Crippen molar-refractivity contribution in [1.29, 1.82) is 0 Å². The molecule has 0 radical (unpaired) electrons. The predicted octanol–water partition coefficient (Wildman–Crippen LogP) is 1.16. The number of unbranched alkanes of at least 4 members (excludes halogenated alkanes) is 1. The van der Waals surface area contributed by atoms with E-state index >= 15 is 0 Å². The summed E-state index contributed by atoms with van der Waals surface area (Å²) >= 11 is 0. The van der Waals surface area contributed by atoms with Crippen LogP contribution in [0, 0.1) is 0 Å². The first kappa shape index (κ1) is 14.9. The molecule has 4 nitrogen and oxygen atoms in total. The molecular formula is C13H30N4. The minimum absolute atomic E-state index is 1.12. The molecule has 1 fully saturated rings. The van der Waals surface area contributed by atoms with Crippen molar-refractivity contribution in [3.63, 3.8) is 0 Å². The molecule has 0 atom stereocenters. The van der Waals surface area contributed by atoms with E-state index in [9.17, 15) is 0 Å². The summed E-state index contributed by atoms with van der Waals surface area (Å²) in [6, 6.07) is 0. The number of nitrogens with zero attached hydrogens (tertiary/aromatic N) is 4. The van der Waals surface area contributed by atoms with Gasteiger partial charge in [-0.15, -0.1) is 0 Å². The van der Waals surface area contributed by atoms with Crippen molar-refractivity contribution >= 4 is 0 Å². The highest BCUT2D eigenvalue weighted by molar-refractivity contribution is 4.67. The molecule has 0 unspecified atom stereocenters. The van der Waals surface area contributed by atoms with Crippen LogP contribution < -0.4 is 0 Å². The van der Waals surface area contributed by atoms with Crippen molar-refractivity contribution in [3.05, 3.63) is 0 Å². The molecule has 1 saturated heterocycles. The average molecular weight is 242 g/mol. The van der Waals surface area contributed by atoms with Crippen LogP contribution in [-0.4, -0.2) is 80.4 Å². The second-order valence-electron chi connectivity index (χ2n) is 5.58. The number of hydrogen-bond donors (Lipinski definition) is 0. The van der Waals surface area contributed by atoms with E-state index in [1.54, 1.807) is 0 Å². The highest BCUT2D eigenvalue weighted by Crippen LogP contribution is 2.07. The van der Waals surface area contributed by atoms with E-state index in [1.165, 1.54) is 38.9 Å². The maximum Gasteiger partial charge on any atom is 0.0529 e. The first-order valence-corrected chi connectivity index (χ1v) is 6.89. The normalized spacial score (nSPS) is 20.3. The van der Waals surface area contributed by atoms with E-state index in [-0.39, 0.29) is 0 Å². The van der Waals surface area contributed by atoms with Crippen molar-refractivity contribution in [2.45, 2.75) is 26.2 Å². The van der Waals surface area contributed by atoms with E-state index < -0.39 is 0 Å². The van der Waals surface area contributed by atoms with Crippen molar-refractivity contribution < 1.29 is 0 Å². The third-order valence-electron chi connectivity index (χ3n) is 3.19. The molecular weight excluding hydrogens is 212 g/mol. The number of hydrogen-bond acceptors (Lipinski definition) is 4. The lowest BCUT2D eigenvalue weighted by Gasteiger charge is -2.41. The molecule has 17 heavy (non-hydrogen) atoms. The zero-order valence-corrected chi connectivity index (χ0v) is 12.2. The second kappa shape index (κ2) is 8.03. The minimum Gasteiger partial charge on any atom is -0.309 e. The Morgan fingerprint density at radius 1 is 0.941 bits per heavy atom. The zero-order chi connectivity index (χ0) is 12.7. The molecule has 0 N–H and O–H groups in total. The third-order valence-corrected chi connectivity index (χ3v) is 3.19. The smallest absolute Gasteiger partial charge is 0.0529 e. The molecule has 1 aliphatic heterocycles. The highest BCUT2D eigenvalue weighted by atomic mass is 15.5. The van der Waals surface area contributed by atoms with Gasteiger partial charge in [-0.1, -0.05) is 13.3 Å². The molecule has 0 bridgehead atoms. The van der Waals surface area contributed by atoms with Crippen molar-refractivity contribution in [2.75, 3.05) is 60.8 Å². The van der Waals surface area contributed by atoms with Gasteiger partial charge in [0, 0.05) is 13.1 Å². The summed E-state index contributed by atoms with van der Waals surface area (Å²) in [7, 11) is 6.52. The molecule has 1 aliphatic rings. The maximum absolute atomic E-state index is 2.56. The Labute approximate surface area is 107 Å². The zero-order valence-electron chi connectivity index (χ0n) is 12.2. The standard InChI is InChI=1S/C13H30N4/c1-5-6-9-16-11-15(4)12-17(13-16)10-7-8-14(2)3/h5-13H2,1-4H3. The van der Waals surface area contributed by atoms with E-state index in [0.717, 1.165) is 20.0 Å². The van der Waals surface area contributed by atoms with Crippen LogP contribution in [0.5, 0.6) is 0 Å². The van der Waals surface area contributed by atoms with Gasteiger partial charge in [0.1, 0.15) is 0 Å². The lowest BCUT2D eigenvalue weighted by Crippen LogP contribution is -2.53. The van der Waals surface area contributed by atoms with Gasteiger partial charge >= 0.3 is 0 Å². The van der Waals surface area contributed by atoms with Gasteiger partial charge < -0.3 is 4.90 Å². The van der Waals surface area contributed by atoms with Crippen molar-refractivity contribution in [2.24, 2.45) is 0 Å². The summed E-state index contributed by atoms with van der Waals surface area (Å²) < 4.78 is 0. The fourth-order valence-corrected chi connectivity index (χ4v) is 2.37. The molecule has 0 aliphatic carbocycles. The van der Waals surface area contributed by atoms with Crippen LogP contribution in [0.3, 0.4) is 0 Å². The molecule has 4 heteroatoms. The SMILES string of the molecule is CCCCN1CN(C)CN(CCCN(C)C)C1. The van der Waals surface area contributed by atoms with Gasteiger partial charge in [0.25, 0.3) is 0 Å². The molecule has 1 rings (SSSR count). The maximum atomic E-state index is 2.56. The topological polar surface area (TPSA) is 13.0 Å². The lowest BCUT2D eigenvalue weighted by molar-refractivity contribution is -0.0173. The second-order valence-corrected chi connectivity index (χ2v) is 5.58. The van der Waals surface area contributed by atoms with Crippen LogP contribution in [-0.2, 0) is 0 Å². The van der Waals surface area contributed by atoms with E-state index in [1.807, 2.05) is 0 Å². The Morgan fingerprint density at radius 2 is 1.53 bits per heavy atom. The summed E-state index contributed by atoms with van der Waals surface area (Å²) in [6.07, 6.45) is 3.88. The molecule has 102 valence electrons. The predicted molar refractivity (Wildman–Crippen MR) is 73.9 cm³/mol. The molecule has 0 aromatic rings.